The highest BCUT2D eigenvalue weighted by Gasteiger charge is 2.16. The first-order valence-electron chi connectivity index (χ1n) is 11.8. The Hall–Kier alpha value is -3.44. The molecule has 1 aliphatic rings. The van der Waals surface area contributed by atoms with Crippen LogP contribution in [0.3, 0.4) is 0 Å². The maximum atomic E-state index is 9.77. The van der Waals surface area contributed by atoms with Gasteiger partial charge in [-0.2, -0.15) is 5.26 Å². The van der Waals surface area contributed by atoms with Crippen molar-refractivity contribution in [1.82, 2.24) is 14.8 Å². The summed E-state index contributed by atoms with van der Waals surface area (Å²) in [5.74, 6) is 0.769. The molecule has 0 amide bonds. The van der Waals surface area contributed by atoms with E-state index in [2.05, 4.69) is 63.5 Å². The van der Waals surface area contributed by atoms with Crippen LogP contribution >= 0.6 is 11.3 Å². The molecule has 0 radical (unpaired) electrons. The van der Waals surface area contributed by atoms with E-state index in [0.717, 1.165) is 76.1 Å². The summed E-state index contributed by atoms with van der Waals surface area (Å²) < 4.78 is 6.37. The summed E-state index contributed by atoms with van der Waals surface area (Å²) in [6.45, 7) is 7.51. The fourth-order valence-corrected chi connectivity index (χ4v) is 5.49. The number of rotatable bonds is 6. The van der Waals surface area contributed by atoms with Crippen molar-refractivity contribution in [3.63, 3.8) is 0 Å². The van der Waals surface area contributed by atoms with Crippen LogP contribution in [0, 0.1) is 18.3 Å². The first-order chi connectivity index (χ1) is 17.0. The lowest BCUT2D eigenvalue weighted by Gasteiger charge is -2.32. The minimum Gasteiger partial charge on any atom is -0.497 e. The van der Waals surface area contributed by atoms with Gasteiger partial charge >= 0.3 is 0 Å². The van der Waals surface area contributed by atoms with Gasteiger partial charge in [-0.05, 0) is 42.8 Å². The van der Waals surface area contributed by atoms with Gasteiger partial charge in [-0.25, -0.2) is 0 Å². The Balaban J connectivity index is 1.43. The predicted octanol–water partition coefficient (Wildman–Crippen LogP) is 5.64. The summed E-state index contributed by atoms with van der Waals surface area (Å²) in [5, 5.41) is 13.3. The van der Waals surface area contributed by atoms with Crippen molar-refractivity contribution in [2.24, 2.45) is 0 Å². The number of benzene rings is 2. The monoisotopic (exact) mass is 483 g/mol. The lowest BCUT2D eigenvalue weighted by atomic mass is 10.1. The molecule has 35 heavy (non-hydrogen) atoms. The molecule has 0 atom stereocenters. The number of fused-ring (bicyclic) bond motifs is 1. The number of hydrogen-bond acceptors (Lipinski definition) is 7. The third-order valence-electron chi connectivity index (χ3n) is 6.61. The summed E-state index contributed by atoms with van der Waals surface area (Å²) in [5.41, 5.74) is 6.68. The average molecular weight is 484 g/mol. The van der Waals surface area contributed by atoms with E-state index in [4.69, 9.17) is 4.74 Å². The molecule has 0 spiro atoms. The fraction of sp³-hybridized carbons (Fsp3) is 0.286. The van der Waals surface area contributed by atoms with Crippen LogP contribution in [0.2, 0.25) is 0 Å². The molecule has 1 fully saturated rings. The molecule has 1 N–H and O–H groups in total. The summed E-state index contributed by atoms with van der Waals surface area (Å²) in [7, 11) is 3.84. The number of thiophene rings is 1. The lowest BCUT2D eigenvalue weighted by Crippen LogP contribution is -2.43. The zero-order valence-corrected chi connectivity index (χ0v) is 21.2. The number of ether oxygens (including phenoxy) is 1. The summed E-state index contributed by atoms with van der Waals surface area (Å²) in [4.78, 5) is 10.6. The molecule has 5 rings (SSSR count). The molecule has 0 aliphatic carbocycles. The Bertz CT molecular complexity index is 1380. The van der Waals surface area contributed by atoms with Crippen molar-refractivity contribution < 1.29 is 4.74 Å². The van der Waals surface area contributed by atoms with Crippen LogP contribution in [0.25, 0.3) is 20.7 Å². The Morgan fingerprint density at radius 2 is 1.86 bits per heavy atom. The van der Waals surface area contributed by atoms with Crippen LogP contribution in [-0.4, -0.2) is 55.1 Å². The highest BCUT2D eigenvalue weighted by atomic mass is 32.1. The second-order valence-electron chi connectivity index (χ2n) is 9.07. The Morgan fingerprint density at radius 1 is 1.09 bits per heavy atom. The molecule has 0 saturated carbocycles. The highest BCUT2D eigenvalue weighted by Crippen LogP contribution is 2.40. The maximum Gasteiger partial charge on any atom is 0.120 e. The molecule has 6 nitrogen and oxygen atoms in total. The van der Waals surface area contributed by atoms with Crippen LogP contribution in [0.4, 0.5) is 11.4 Å². The summed E-state index contributed by atoms with van der Waals surface area (Å²) in [6, 6.07) is 19.2. The minimum absolute atomic E-state index is 0.524. The van der Waals surface area contributed by atoms with Gasteiger partial charge in [0.2, 0.25) is 0 Å². The molecule has 0 bridgehead atoms. The van der Waals surface area contributed by atoms with Gasteiger partial charge < -0.3 is 15.0 Å². The molecule has 2 aromatic carbocycles. The lowest BCUT2D eigenvalue weighted by molar-refractivity contribution is 0.148. The quantitative estimate of drug-likeness (QED) is 0.383. The van der Waals surface area contributed by atoms with Crippen molar-refractivity contribution in [3.8, 4) is 22.3 Å². The molecular weight excluding hydrogens is 454 g/mol. The van der Waals surface area contributed by atoms with Crippen molar-refractivity contribution >= 4 is 32.9 Å². The highest BCUT2D eigenvalue weighted by molar-refractivity contribution is 7.22. The van der Waals surface area contributed by atoms with Crippen LogP contribution in [0.1, 0.15) is 16.7 Å². The van der Waals surface area contributed by atoms with Gasteiger partial charge in [-0.1, -0.05) is 30.3 Å². The van der Waals surface area contributed by atoms with E-state index in [-0.39, 0.29) is 0 Å². The van der Waals surface area contributed by atoms with Gasteiger partial charge in [0.25, 0.3) is 0 Å². The third-order valence-corrected chi connectivity index (χ3v) is 7.80. The Kier molecular flexibility index (Phi) is 6.69. The molecule has 3 heterocycles. The number of pyridine rings is 1. The first-order valence-corrected chi connectivity index (χ1v) is 12.6. The number of nitriles is 1. The minimum atomic E-state index is 0.524. The SMILES string of the molecule is COc1ccc(C)c(Nc2c(C#N)cnc3cc(-c4ccc(CN5CCN(C)CC5)cc4)sc23)c1. The van der Waals surface area contributed by atoms with Crippen molar-refractivity contribution in [2.45, 2.75) is 13.5 Å². The van der Waals surface area contributed by atoms with Crippen molar-refractivity contribution in [1.29, 1.82) is 5.26 Å². The number of piperazine rings is 1. The van der Waals surface area contributed by atoms with E-state index < -0.39 is 0 Å². The van der Waals surface area contributed by atoms with Gasteiger partial charge in [0, 0.05) is 55.6 Å². The van der Waals surface area contributed by atoms with E-state index in [1.807, 2.05) is 25.1 Å². The number of aryl methyl sites for hydroxylation is 1. The number of likely N-dealkylation sites (N-methyl/N-ethyl adjacent to an activating group) is 1. The number of hydrogen-bond donors (Lipinski definition) is 1. The Labute approximate surface area is 210 Å². The van der Waals surface area contributed by atoms with Gasteiger partial charge in [0.05, 0.1) is 28.6 Å². The van der Waals surface area contributed by atoms with Crippen molar-refractivity contribution in [3.05, 3.63) is 71.4 Å². The van der Waals surface area contributed by atoms with Gasteiger partial charge in [-0.15, -0.1) is 11.3 Å². The number of anilines is 2. The molecule has 1 saturated heterocycles. The molecule has 0 unspecified atom stereocenters. The van der Waals surface area contributed by atoms with E-state index >= 15 is 0 Å². The Morgan fingerprint density at radius 3 is 2.57 bits per heavy atom. The van der Waals surface area contributed by atoms with E-state index in [0.29, 0.717) is 5.56 Å². The molecule has 7 heteroatoms. The first kappa shape index (κ1) is 23.3. The smallest absolute Gasteiger partial charge is 0.120 e. The van der Waals surface area contributed by atoms with Crippen LogP contribution < -0.4 is 10.1 Å². The van der Waals surface area contributed by atoms with Crippen LogP contribution in [0.5, 0.6) is 5.75 Å². The average Bonchev–Trinajstić information content (AvgIpc) is 3.32. The van der Waals surface area contributed by atoms with Crippen LogP contribution in [-0.2, 0) is 6.54 Å². The molecular formula is C28H29N5OS. The number of nitrogens with one attached hydrogen (secondary N) is 1. The van der Waals surface area contributed by atoms with Gasteiger partial charge in [0.15, 0.2) is 0 Å². The largest absolute Gasteiger partial charge is 0.497 e. The zero-order valence-electron chi connectivity index (χ0n) is 20.3. The zero-order chi connectivity index (χ0) is 24.4. The standard InChI is InChI=1S/C28H29N5OS/c1-19-4-9-23(34-3)14-24(19)31-27-22(16-29)17-30-25-15-26(35-28(25)27)21-7-5-20(6-8-21)18-33-12-10-32(2)11-13-33/h4-9,14-15,17H,10-13,18H2,1-3H3,(H,30,31). The molecule has 2 aromatic heterocycles. The van der Waals surface area contributed by atoms with Gasteiger partial charge in [-0.3, -0.25) is 9.88 Å². The molecule has 1 aliphatic heterocycles. The van der Waals surface area contributed by atoms with E-state index in [1.165, 1.54) is 5.56 Å². The number of aromatic nitrogens is 1. The number of nitrogens with zero attached hydrogens (tertiary/aromatic N) is 4. The third kappa shape index (κ3) is 5.01. The predicted molar refractivity (Wildman–Crippen MR) is 144 cm³/mol. The summed E-state index contributed by atoms with van der Waals surface area (Å²) >= 11 is 1.66. The van der Waals surface area contributed by atoms with Gasteiger partial charge in [0.1, 0.15) is 11.8 Å². The second-order valence-corrected chi connectivity index (χ2v) is 10.1. The van der Waals surface area contributed by atoms with E-state index in [9.17, 15) is 5.26 Å². The van der Waals surface area contributed by atoms with Crippen LogP contribution in [0.15, 0.2) is 54.7 Å². The maximum absolute atomic E-state index is 9.77. The second kappa shape index (κ2) is 10.0. The fourth-order valence-electron chi connectivity index (χ4n) is 4.36. The summed E-state index contributed by atoms with van der Waals surface area (Å²) in [6.07, 6.45) is 1.65. The molecule has 178 valence electrons. The normalized spacial score (nSPS) is 14.7. The van der Waals surface area contributed by atoms with E-state index in [1.54, 1.807) is 24.6 Å². The number of methoxy groups -OCH3 is 1. The van der Waals surface area contributed by atoms with Crippen molar-refractivity contribution in [2.75, 3.05) is 45.7 Å². The topological polar surface area (TPSA) is 64.4 Å². The molecule has 4 aromatic rings.